The van der Waals surface area contributed by atoms with Gasteiger partial charge in [0.15, 0.2) is 0 Å². The van der Waals surface area contributed by atoms with Crippen LogP contribution < -0.4 is 11.3 Å². The van der Waals surface area contributed by atoms with Crippen LogP contribution in [0.2, 0.25) is 10.0 Å². The molecule has 4 nitrogen and oxygen atoms in total. The van der Waals surface area contributed by atoms with Crippen molar-refractivity contribution in [1.82, 2.24) is 15.2 Å². The molecule has 20 heavy (non-hydrogen) atoms. The van der Waals surface area contributed by atoms with E-state index in [9.17, 15) is 0 Å². The molecule has 6 heteroatoms. The fraction of sp³-hybridized carbons (Fsp3) is 0.571. The number of piperazine rings is 1. The van der Waals surface area contributed by atoms with Crippen molar-refractivity contribution in [2.45, 2.75) is 18.5 Å². The van der Waals surface area contributed by atoms with Crippen LogP contribution in [0.25, 0.3) is 0 Å². The van der Waals surface area contributed by atoms with Gasteiger partial charge in [0.1, 0.15) is 0 Å². The largest absolute Gasteiger partial charge is 0.303 e. The lowest BCUT2D eigenvalue weighted by atomic mass is 9.97. The van der Waals surface area contributed by atoms with Gasteiger partial charge in [0.2, 0.25) is 0 Å². The Morgan fingerprint density at radius 1 is 1.35 bits per heavy atom. The van der Waals surface area contributed by atoms with E-state index < -0.39 is 0 Å². The molecule has 2 unspecified atom stereocenters. The van der Waals surface area contributed by atoms with Crippen LogP contribution in [0.1, 0.15) is 5.56 Å². The molecule has 1 heterocycles. The zero-order valence-corrected chi connectivity index (χ0v) is 13.5. The fourth-order valence-electron chi connectivity index (χ4n) is 2.72. The number of hydrazine groups is 1. The third kappa shape index (κ3) is 3.85. The van der Waals surface area contributed by atoms with E-state index in [-0.39, 0.29) is 6.04 Å². The highest BCUT2D eigenvalue weighted by molar-refractivity contribution is 6.33. The normalized spacial score (nSPS) is 22.9. The van der Waals surface area contributed by atoms with Crippen LogP contribution in [0.3, 0.4) is 0 Å². The second-order valence-corrected chi connectivity index (χ2v) is 6.37. The summed E-state index contributed by atoms with van der Waals surface area (Å²) in [4.78, 5) is 4.68. The number of rotatable bonds is 4. The standard InChI is InChI=1S/C14H22Cl2N4/c1-19-5-6-20(2)14(9-19)13(18-17)8-10-7-11(15)3-4-12(10)16/h3-4,7,13-14,18H,5-6,8-9,17H2,1-2H3. The molecule has 1 saturated heterocycles. The van der Waals surface area contributed by atoms with E-state index in [0.29, 0.717) is 11.1 Å². The van der Waals surface area contributed by atoms with Crippen LogP contribution in [0.4, 0.5) is 0 Å². The summed E-state index contributed by atoms with van der Waals surface area (Å²) in [5.74, 6) is 5.78. The number of hydrogen-bond acceptors (Lipinski definition) is 4. The summed E-state index contributed by atoms with van der Waals surface area (Å²) in [5.41, 5.74) is 3.98. The number of hydrogen-bond donors (Lipinski definition) is 2. The first-order valence-electron chi connectivity index (χ1n) is 6.80. The third-order valence-corrected chi connectivity index (χ3v) is 4.63. The summed E-state index contributed by atoms with van der Waals surface area (Å²) in [5, 5.41) is 1.44. The second kappa shape index (κ2) is 7.07. The average Bonchev–Trinajstić information content (AvgIpc) is 2.42. The van der Waals surface area contributed by atoms with E-state index in [1.54, 1.807) is 6.07 Å². The lowest BCUT2D eigenvalue weighted by Gasteiger charge is -2.41. The minimum Gasteiger partial charge on any atom is -0.303 e. The number of benzene rings is 1. The lowest BCUT2D eigenvalue weighted by Crippen LogP contribution is -2.60. The summed E-state index contributed by atoms with van der Waals surface area (Å²) < 4.78 is 0. The van der Waals surface area contributed by atoms with Gasteiger partial charge in [0.25, 0.3) is 0 Å². The highest BCUT2D eigenvalue weighted by atomic mass is 35.5. The Balaban J connectivity index is 2.13. The Bertz CT molecular complexity index is 455. The second-order valence-electron chi connectivity index (χ2n) is 5.52. The molecule has 0 spiro atoms. The van der Waals surface area contributed by atoms with Crippen LogP contribution in [0, 0.1) is 0 Å². The van der Waals surface area contributed by atoms with Gasteiger partial charge in [-0.05, 0) is 44.3 Å². The molecule has 0 amide bonds. The Labute approximate surface area is 130 Å². The first-order valence-corrected chi connectivity index (χ1v) is 7.55. The zero-order valence-electron chi connectivity index (χ0n) is 11.9. The van der Waals surface area contributed by atoms with Gasteiger partial charge in [-0.3, -0.25) is 16.2 Å². The summed E-state index contributed by atoms with van der Waals surface area (Å²) in [6.07, 6.45) is 0.763. The van der Waals surface area contributed by atoms with E-state index in [0.717, 1.165) is 36.6 Å². The highest BCUT2D eigenvalue weighted by Crippen LogP contribution is 2.23. The molecule has 1 aliphatic rings. The van der Waals surface area contributed by atoms with Crippen LogP contribution in [-0.4, -0.2) is 55.6 Å². The molecule has 0 radical (unpaired) electrons. The van der Waals surface area contributed by atoms with Crippen LogP contribution in [0.15, 0.2) is 18.2 Å². The Hall–Kier alpha value is -0.360. The van der Waals surface area contributed by atoms with Gasteiger partial charge in [0.05, 0.1) is 0 Å². The molecule has 1 aromatic carbocycles. The average molecular weight is 317 g/mol. The molecule has 0 aliphatic carbocycles. The molecule has 2 rings (SSSR count). The molecule has 0 saturated carbocycles. The summed E-state index contributed by atoms with van der Waals surface area (Å²) in [6, 6.07) is 6.05. The number of halogens is 2. The van der Waals surface area contributed by atoms with Crippen molar-refractivity contribution in [3.8, 4) is 0 Å². The number of nitrogens with zero attached hydrogens (tertiary/aromatic N) is 2. The molecule has 0 aromatic heterocycles. The maximum atomic E-state index is 6.25. The SMILES string of the molecule is CN1CCN(C)C(C(Cc2cc(Cl)ccc2Cl)NN)C1. The molecule has 0 bridgehead atoms. The van der Waals surface area contributed by atoms with Crippen molar-refractivity contribution in [2.75, 3.05) is 33.7 Å². The summed E-state index contributed by atoms with van der Waals surface area (Å²) >= 11 is 12.3. The number of likely N-dealkylation sites (N-methyl/N-ethyl adjacent to an activating group) is 2. The monoisotopic (exact) mass is 316 g/mol. The highest BCUT2D eigenvalue weighted by Gasteiger charge is 2.29. The minimum atomic E-state index is 0.138. The van der Waals surface area contributed by atoms with Crippen LogP contribution in [0.5, 0.6) is 0 Å². The molecule has 1 aliphatic heterocycles. The smallest absolute Gasteiger partial charge is 0.0439 e. The molecular weight excluding hydrogens is 295 g/mol. The number of nitrogens with one attached hydrogen (secondary N) is 1. The van der Waals surface area contributed by atoms with E-state index in [1.165, 1.54) is 0 Å². The van der Waals surface area contributed by atoms with E-state index >= 15 is 0 Å². The van der Waals surface area contributed by atoms with Crippen molar-refractivity contribution in [2.24, 2.45) is 5.84 Å². The summed E-state index contributed by atoms with van der Waals surface area (Å²) in [7, 11) is 4.28. The first kappa shape index (κ1) is 16.0. The van der Waals surface area contributed by atoms with Gasteiger partial charge in [-0.15, -0.1) is 0 Å². The van der Waals surface area contributed by atoms with Crippen molar-refractivity contribution >= 4 is 23.2 Å². The predicted octanol–water partition coefficient (Wildman–Crippen LogP) is 1.61. The number of nitrogens with two attached hydrogens (primary N) is 1. The fourth-order valence-corrected chi connectivity index (χ4v) is 3.11. The minimum absolute atomic E-state index is 0.138. The van der Waals surface area contributed by atoms with E-state index in [2.05, 4.69) is 29.3 Å². The molecular formula is C14H22Cl2N4. The maximum absolute atomic E-state index is 6.25. The van der Waals surface area contributed by atoms with Gasteiger partial charge < -0.3 is 4.90 Å². The van der Waals surface area contributed by atoms with Crippen LogP contribution >= 0.6 is 23.2 Å². The van der Waals surface area contributed by atoms with Crippen molar-refractivity contribution in [3.63, 3.8) is 0 Å². The van der Waals surface area contributed by atoms with Crippen molar-refractivity contribution in [3.05, 3.63) is 33.8 Å². The molecule has 1 fully saturated rings. The third-order valence-electron chi connectivity index (χ3n) is 4.03. The zero-order chi connectivity index (χ0) is 14.7. The molecule has 3 N–H and O–H groups in total. The summed E-state index contributed by atoms with van der Waals surface area (Å²) in [6.45, 7) is 3.12. The van der Waals surface area contributed by atoms with Gasteiger partial charge in [-0.2, -0.15) is 0 Å². The quantitative estimate of drug-likeness (QED) is 0.654. The van der Waals surface area contributed by atoms with Gasteiger partial charge in [-0.25, -0.2) is 0 Å². The van der Waals surface area contributed by atoms with Crippen molar-refractivity contribution < 1.29 is 0 Å². The molecule has 1 aromatic rings. The Kier molecular flexibility index (Phi) is 5.66. The predicted molar refractivity (Wildman–Crippen MR) is 85.2 cm³/mol. The van der Waals surface area contributed by atoms with E-state index in [1.807, 2.05) is 12.1 Å². The molecule has 112 valence electrons. The molecule has 2 atom stereocenters. The first-order chi connectivity index (χ1) is 9.51. The van der Waals surface area contributed by atoms with E-state index in [4.69, 9.17) is 29.0 Å². The van der Waals surface area contributed by atoms with Gasteiger partial charge in [0, 0.05) is 41.8 Å². The topological polar surface area (TPSA) is 44.5 Å². The Morgan fingerprint density at radius 2 is 2.10 bits per heavy atom. The lowest BCUT2D eigenvalue weighted by molar-refractivity contribution is 0.0877. The van der Waals surface area contributed by atoms with Gasteiger partial charge in [-0.1, -0.05) is 23.2 Å². The van der Waals surface area contributed by atoms with Crippen LogP contribution in [-0.2, 0) is 6.42 Å². The Morgan fingerprint density at radius 3 is 2.80 bits per heavy atom. The maximum Gasteiger partial charge on any atom is 0.0439 e. The van der Waals surface area contributed by atoms with Crippen molar-refractivity contribution in [1.29, 1.82) is 0 Å². The van der Waals surface area contributed by atoms with Gasteiger partial charge >= 0.3 is 0 Å².